The molecular formula is C18H23N3O5S. The van der Waals surface area contributed by atoms with Crippen LogP contribution in [0.5, 0.6) is 0 Å². The summed E-state index contributed by atoms with van der Waals surface area (Å²) >= 11 is 0. The smallest absolute Gasteiger partial charge is 0.228 e. The van der Waals surface area contributed by atoms with Gasteiger partial charge in [0.1, 0.15) is 0 Å². The molecule has 2 heterocycles. The first kappa shape index (κ1) is 19.3. The molecule has 0 bridgehead atoms. The summed E-state index contributed by atoms with van der Waals surface area (Å²) in [4.78, 5) is 39.4. The molecule has 2 aliphatic rings. The zero-order chi connectivity index (χ0) is 19.8. The van der Waals surface area contributed by atoms with Crippen LogP contribution < -0.4 is 10.2 Å². The lowest BCUT2D eigenvalue weighted by Crippen LogP contribution is -2.42. The SMILES string of the molecule is CC(=O)Nc1cccc(N2CC(C(=O)N(C)C3CCS(=O)(=O)C3)CC2=O)c1. The molecule has 8 nitrogen and oxygen atoms in total. The predicted octanol–water partition coefficient (Wildman–Crippen LogP) is 0.643. The minimum absolute atomic E-state index is 0.0155. The van der Waals surface area contributed by atoms with E-state index in [0.29, 0.717) is 17.8 Å². The molecule has 0 aromatic heterocycles. The van der Waals surface area contributed by atoms with Crippen molar-refractivity contribution >= 4 is 38.9 Å². The van der Waals surface area contributed by atoms with Crippen LogP contribution in [0.4, 0.5) is 11.4 Å². The number of hydrogen-bond acceptors (Lipinski definition) is 5. The third-order valence-electron chi connectivity index (χ3n) is 5.06. The number of hydrogen-bond donors (Lipinski definition) is 1. The molecular weight excluding hydrogens is 370 g/mol. The first-order valence-electron chi connectivity index (χ1n) is 8.81. The van der Waals surface area contributed by atoms with Crippen LogP contribution in [0.3, 0.4) is 0 Å². The minimum atomic E-state index is -3.08. The quantitative estimate of drug-likeness (QED) is 0.809. The van der Waals surface area contributed by atoms with Crippen LogP contribution in [0.1, 0.15) is 19.8 Å². The van der Waals surface area contributed by atoms with E-state index < -0.39 is 15.8 Å². The van der Waals surface area contributed by atoms with Gasteiger partial charge in [-0.2, -0.15) is 0 Å². The number of benzene rings is 1. The lowest BCUT2D eigenvalue weighted by Gasteiger charge is -2.26. The zero-order valence-corrected chi connectivity index (χ0v) is 16.2. The van der Waals surface area contributed by atoms with Gasteiger partial charge in [-0.3, -0.25) is 14.4 Å². The van der Waals surface area contributed by atoms with Gasteiger partial charge in [-0.05, 0) is 24.6 Å². The van der Waals surface area contributed by atoms with E-state index in [0.717, 1.165) is 0 Å². The molecule has 2 atom stereocenters. The molecule has 2 unspecified atom stereocenters. The summed E-state index contributed by atoms with van der Waals surface area (Å²) in [7, 11) is -1.47. The van der Waals surface area contributed by atoms with Crippen LogP contribution in [0.25, 0.3) is 0 Å². The maximum atomic E-state index is 12.8. The van der Waals surface area contributed by atoms with Gasteiger partial charge in [0.15, 0.2) is 9.84 Å². The van der Waals surface area contributed by atoms with Gasteiger partial charge in [-0.1, -0.05) is 6.07 Å². The van der Waals surface area contributed by atoms with E-state index in [9.17, 15) is 22.8 Å². The highest BCUT2D eigenvalue weighted by Gasteiger charge is 2.40. The summed E-state index contributed by atoms with van der Waals surface area (Å²) in [6.07, 6.45) is 0.528. The number of sulfone groups is 1. The standard InChI is InChI=1S/C18H23N3O5S/c1-12(22)19-14-4-3-5-15(9-14)21-10-13(8-17(21)23)18(24)20(2)16-6-7-27(25,26)11-16/h3-5,9,13,16H,6-8,10-11H2,1-2H3,(H,19,22). The van der Waals surface area contributed by atoms with Crippen molar-refractivity contribution in [3.63, 3.8) is 0 Å². The van der Waals surface area contributed by atoms with Crippen molar-refractivity contribution in [2.24, 2.45) is 5.92 Å². The van der Waals surface area contributed by atoms with E-state index in [1.54, 1.807) is 31.3 Å². The van der Waals surface area contributed by atoms with Crippen LogP contribution in [0, 0.1) is 5.92 Å². The highest BCUT2D eigenvalue weighted by molar-refractivity contribution is 7.91. The van der Waals surface area contributed by atoms with Crippen LogP contribution >= 0.6 is 0 Å². The third kappa shape index (κ3) is 4.29. The molecule has 1 aromatic rings. The molecule has 27 heavy (non-hydrogen) atoms. The average molecular weight is 393 g/mol. The van der Waals surface area contributed by atoms with Gasteiger partial charge in [0.2, 0.25) is 17.7 Å². The Bertz CT molecular complexity index is 883. The van der Waals surface area contributed by atoms with Gasteiger partial charge in [-0.15, -0.1) is 0 Å². The Morgan fingerprint density at radius 3 is 2.67 bits per heavy atom. The van der Waals surface area contributed by atoms with Crippen LogP contribution in [-0.4, -0.2) is 62.2 Å². The van der Waals surface area contributed by atoms with Crippen molar-refractivity contribution in [1.82, 2.24) is 4.90 Å². The molecule has 1 N–H and O–H groups in total. The molecule has 2 fully saturated rings. The zero-order valence-electron chi connectivity index (χ0n) is 15.3. The monoisotopic (exact) mass is 393 g/mol. The first-order valence-corrected chi connectivity index (χ1v) is 10.6. The highest BCUT2D eigenvalue weighted by atomic mass is 32.2. The molecule has 0 aliphatic carbocycles. The fourth-order valence-electron chi connectivity index (χ4n) is 3.63. The van der Waals surface area contributed by atoms with E-state index in [2.05, 4.69) is 5.32 Å². The lowest BCUT2D eigenvalue weighted by molar-refractivity contribution is -0.136. The second kappa shape index (κ2) is 7.30. The Hall–Kier alpha value is -2.42. The van der Waals surface area contributed by atoms with Crippen LogP contribution in [-0.2, 0) is 24.2 Å². The maximum Gasteiger partial charge on any atom is 0.228 e. The van der Waals surface area contributed by atoms with Crippen molar-refractivity contribution in [3.8, 4) is 0 Å². The lowest BCUT2D eigenvalue weighted by atomic mass is 10.1. The number of nitrogens with one attached hydrogen (secondary N) is 1. The number of rotatable bonds is 4. The second-order valence-electron chi connectivity index (χ2n) is 7.14. The van der Waals surface area contributed by atoms with Gasteiger partial charge < -0.3 is 15.1 Å². The minimum Gasteiger partial charge on any atom is -0.341 e. The Labute approximate surface area is 158 Å². The van der Waals surface area contributed by atoms with Crippen LogP contribution in [0.2, 0.25) is 0 Å². The van der Waals surface area contributed by atoms with E-state index in [-0.39, 0.29) is 48.2 Å². The van der Waals surface area contributed by atoms with E-state index in [1.807, 2.05) is 0 Å². The topological polar surface area (TPSA) is 104 Å². The van der Waals surface area contributed by atoms with Crippen molar-refractivity contribution in [3.05, 3.63) is 24.3 Å². The number of carbonyl (C=O) groups excluding carboxylic acids is 3. The van der Waals surface area contributed by atoms with E-state index in [4.69, 9.17) is 0 Å². The van der Waals surface area contributed by atoms with Gasteiger partial charge in [0.05, 0.1) is 17.4 Å². The van der Waals surface area contributed by atoms with Gasteiger partial charge in [-0.25, -0.2) is 8.42 Å². The van der Waals surface area contributed by atoms with Crippen molar-refractivity contribution in [2.75, 3.05) is 35.3 Å². The van der Waals surface area contributed by atoms with Crippen molar-refractivity contribution < 1.29 is 22.8 Å². The molecule has 1 aromatic carbocycles. The average Bonchev–Trinajstić information content (AvgIpc) is 3.15. The van der Waals surface area contributed by atoms with Crippen molar-refractivity contribution in [2.45, 2.75) is 25.8 Å². The summed E-state index contributed by atoms with van der Waals surface area (Å²) in [6.45, 7) is 1.65. The summed E-state index contributed by atoms with van der Waals surface area (Å²) in [5.74, 6) is -0.998. The second-order valence-corrected chi connectivity index (χ2v) is 9.37. The Morgan fingerprint density at radius 1 is 1.30 bits per heavy atom. The normalized spacial score (nSPS) is 24.1. The number of carbonyl (C=O) groups is 3. The third-order valence-corrected chi connectivity index (χ3v) is 6.81. The maximum absolute atomic E-state index is 12.8. The molecule has 2 saturated heterocycles. The van der Waals surface area contributed by atoms with Crippen molar-refractivity contribution in [1.29, 1.82) is 0 Å². The summed E-state index contributed by atoms with van der Waals surface area (Å²) < 4.78 is 23.3. The number of nitrogens with zero attached hydrogens (tertiary/aromatic N) is 2. The first-order chi connectivity index (χ1) is 12.7. The molecule has 9 heteroatoms. The molecule has 0 radical (unpaired) electrons. The number of anilines is 2. The molecule has 2 aliphatic heterocycles. The number of amides is 3. The molecule has 3 amide bonds. The fourth-order valence-corrected chi connectivity index (χ4v) is 5.40. The summed E-state index contributed by atoms with van der Waals surface area (Å²) in [6, 6.07) is 6.58. The molecule has 0 spiro atoms. The van der Waals surface area contributed by atoms with Gasteiger partial charge in [0.25, 0.3) is 0 Å². The Kier molecular flexibility index (Phi) is 5.23. The predicted molar refractivity (Wildman–Crippen MR) is 101 cm³/mol. The Balaban J connectivity index is 1.70. The largest absolute Gasteiger partial charge is 0.341 e. The summed E-state index contributed by atoms with van der Waals surface area (Å²) in [5.41, 5.74) is 1.20. The van der Waals surface area contributed by atoms with Crippen LogP contribution in [0.15, 0.2) is 24.3 Å². The molecule has 3 rings (SSSR count). The summed E-state index contributed by atoms with van der Waals surface area (Å²) in [5, 5.41) is 2.67. The van der Waals surface area contributed by atoms with E-state index >= 15 is 0 Å². The highest BCUT2D eigenvalue weighted by Crippen LogP contribution is 2.29. The fraction of sp³-hybridized carbons (Fsp3) is 0.500. The molecule has 146 valence electrons. The van der Waals surface area contributed by atoms with Gasteiger partial charge >= 0.3 is 0 Å². The Morgan fingerprint density at radius 2 is 2.04 bits per heavy atom. The van der Waals surface area contributed by atoms with E-state index in [1.165, 1.54) is 16.7 Å². The molecule has 0 saturated carbocycles. The van der Waals surface area contributed by atoms with Gasteiger partial charge in [0, 0.05) is 44.4 Å².